The predicted molar refractivity (Wildman–Crippen MR) is 335 cm³/mol. The number of rotatable bonds is 63. The van der Waals surface area contributed by atoms with Crippen LogP contribution in [0.5, 0.6) is 0 Å². The third-order valence-electron chi connectivity index (χ3n) is 15.3. The molecule has 0 amide bonds. The van der Waals surface area contributed by atoms with Gasteiger partial charge in [0.05, 0.1) is 0 Å². The summed E-state index contributed by atoms with van der Waals surface area (Å²) in [6.45, 7) is 6.54. The predicted octanol–water partition coefficient (Wildman–Crippen LogP) is 23.3. The van der Waals surface area contributed by atoms with E-state index in [1.54, 1.807) is 0 Å². The fourth-order valence-corrected chi connectivity index (χ4v) is 10.3. The second-order valence-corrected chi connectivity index (χ2v) is 23.1. The molecule has 6 nitrogen and oxygen atoms in total. The van der Waals surface area contributed by atoms with Gasteiger partial charge in [-0.25, -0.2) is 0 Å². The van der Waals surface area contributed by atoms with Crippen molar-refractivity contribution in [3.63, 3.8) is 0 Å². The Balaban J connectivity index is 4.03. The molecule has 0 saturated carbocycles. The van der Waals surface area contributed by atoms with Gasteiger partial charge in [-0.1, -0.05) is 339 Å². The van der Waals surface area contributed by atoms with Crippen molar-refractivity contribution < 1.29 is 28.6 Å². The van der Waals surface area contributed by atoms with Crippen LogP contribution in [0.2, 0.25) is 0 Å². The zero-order chi connectivity index (χ0) is 55.7. The lowest BCUT2D eigenvalue weighted by Gasteiger charge is -2.18. The smallest absolute Gasteiger partial charge is 0.306 e. The Labute approximate surface area is 479 Å². The molecule has 0 heterocycles. The molecule has 0 spiro atoms. The molecular formula is C71H130O6. The molecule has 0 fully saturated rings. The first-order valence-electron chi connectivity index (χ1n) is 34.1. The van der Waals surface area contributed by atoms with E-state index in [1.165, 1.54) is 231 Å². The van der Waals surface area contributed by atoms with Crippen LogP contribution in [-0.2, 0) is 28.6 Å². The standard InChI is InChI=1S/C71H130O6/c1-4-7-10-13-16-19-21-23-25-27-28-29-30-31-32-33-34-35-36-37-38-39-40-41-42-44-45-47-49-52-55-58-61-64-70(73)76-67-68(66-75-69(72)63-60-57-54-51-18-15-12-9-6-3)77-71(74)65-62-59-56-53-50-48-46-43-26-24-22-20-17-14-11-8-5-2/h8,11,17,20,24,26,46,48,68H,4-7,9-10,12-16,18-19,21-23,25,27-45,47,49-67H2,1-3H3/b11-8-,20-17-,26-24-,48-46-. The van der Waals surface area contributed by atoms with E-state index in [0.717, 1.165) is 96.3 Å². The van der Waals surface area contributed by atoms with E-state index < -0.39 is 6.10 Å². The highest BCUT2D eigenvalue weighted by Crippen LogP contribution is 2.18. The van der Waals surface area contributed by atoms with Crippen LogP contribution >= 0.6 is 0 Å². The van der Waals surface area contributed by atoms with Crippen molar-refractivity contribution >= 4 is 17.9 Å². The van der Waals surface area contributed by atoms with Gasteiger partial charge in [-0.3, -0.25) is 14.4 Å². The molecule has 0 aliphatic rings. The largest absolute Gasteiger partial charge is 0.462 e. The van der Waals surface area contributed by atoms with Gasteiger partial charge in [0.25, 0.3) is 0 Å². The number of carbonyl (C=O) groups is 3. The zero-order valence-electron chi connectivity index (χ0n) is 51.7. The van der Waals surface area contributed by atoms with Crippen molar-refractivity contribution in [3.8, 4) is 0 Å². The summed E-state index contributed by atoms with van der Waals surface area (Å²) in [5.41, 5.74) is 0. The van der Waals surface area contributed by atoms with Crippen LogP contribution in [0, 0.1) is 0 Å². The van der Waals surface area contributed by atoms with E-state index in [9.17, 15) is 14.4 Å². The monoisotopic (exact) mass is 1080 g/mol. The van der Waals surface area contributed by atoms with Gasteiger partial charge in [0.2, 0.25) is 0 Å². The van der Waals surface area contributed by atoms with Crippen LogP contribution in [0.25, 0.3) is 0 Å². The van der Waals surface area contributed by atoms with Gasteiger partial charge in [-0.15, -0.1) is 0 Å². The zero-order valence-corrected chi connectivity index (χ0v) is 51.7. The maximum Gasteiger partial charge on any atom is 0.306 e. The third-order valence-corrected chi connectivity index (χ3v) is 15.3. The summed E-state index contributed by atoms with van der Waals surface area (Å²) in [5, 5.41) is 0. The molecule has 0 aliphatic heterocycles. The van der Waals surface area contributed by atoms with Crippen molar-refractivity contribution in [2.24, 2.45) is 0 Å². The first-order valence-corrected chi connectivity index (χ1v) is 34.1. The lowest BCUT2D eigenvalue weighted by molar-refractivity contribution is -0.167. The number of unbranched alkanes of at least 4 members (excludes halogenated alkanes) is 44. The third kappa shape index (κ3) is 64.1. The van der Waals surface area contributed by atoms with Crippen LogP contribution in [0.4, 0.5) is 0 Å². The van der Waals surface area contributed by atoms with Crippen LogP contribution in [0.3, 0.4) is 0 Å². The van der Waals surface area contributed by atoms with Gasteiger partial charge >= 0.3 is 17.9 Å². The fraction of sp³-hybridized carbons (Fsp3) is 0.845. The molecule has 0 rings (SSSR count). The van der Waals surface area contributed by atoms with E-state index in [1.807, 2.05) is 0 Å². The second-order valence-electron chi connectivity index (χ2n) is 23.1. The Bertz CT molecular complexity index is 1330. The van der Waals surface area contributed by atoms with Gasteiger partial charge in [0.15, 0.2) is 6.10 Å². The van der Waals surface area contributed by atoms with Crippen molar-refractivity contribution in [1.29, 1.82) is 0 Å². The minimum atomic E-state index is -0.783. The number of hydrogen-bond acceptors (Lipinski definition) is 6. The average molecular weight is 1080 g/mol. The highest BCUT2D eigenvalue weighted by Gasteiger charge is 2.19. The number of carbonyl (C=O) groups excluding carboxylic acids is 3. The summed E-state index contributed by atoms with van der Waals surface area (Å²) >= 11 is 0. The minimum absolute atomic E-state index is 0.0790. The van der Waals surface area contributed by atoms with Gasteiger partial charge in [-0.2, -0.15) is 0 Å². The van der Waals surface area contributed by atoms with E-state index >= 15 is 0 Å². The molecule has 6 heteroatoms. The molecule has 0 radical (unpaired) electrons. The van der Waals surface area contributed by atoms with Crippen LogP contribution in [0.1, 0.15) is 367 Å². The summed E-state index contributed by atoms with van der Waals surface area (Å²) < 4.78 is 16.9. The number of hydrogen-bond donors (Lipinski definition) is 0. The van der Waals surface area contributed by atoms with E-state index in [0.29, 0.717) is 19.3 Å². The van der Waals surface area contributed by atoms with Gasteiger partial charge in [-0.05, 0) is 57.8 Å². The highest BCUT2D eigenvalue weighted by molar-refractivity contribution is 5.71. The van der Waals surface area contributed by atoms with Crippen molar-refractivity contribution in [2.75, 3.05) is 13.2 Å². The summed E-state index contributed by atoms with van der Waals surface area (Å²) in [4.78, 5) is 38.2. The molecule has 0 bridgehead atoms. The lowest BCUT2D eigenvalue weighted by Crippen LogP contribution is -2.30. The molecule has 450 valence electrons. The Morgan fingerprint density at radius 1 is 0.273 bits per heavy atom. The second kappa shape index (κ2) is 65.9. The first kappa shape index (κ1) is 74.4. The number of ether oxygens (including phenoxy) is 3. The Kier molecular flexibility index (Phi) is 63.6. The average Bonchev–Trinajstić information content (AvgIpc) is 3.43. The number of esters is 3. The van der Waals surface area contributed by atoms with Crippen molar-refractivity contribution in [1.82, 2.24) is 0 Å². The molecule has 0 aromatic heterocycles. The summed E-state index contributed by atoms with van der Waals surface area (Å²) in [7, 11) is 0. The summed E-state index contributed by atoms with van der Waals surface area (Å²) in [6.07, 6.45) is 83.2. The van der Waals surface area contributed by atoms with Crippen LogP contribution < -0.4 is 0 Å². The van der Waals surface area contributed by atoms with Crippen LogP contribution in [0.15, 0.2) is 48.6 Å². The molecule has 1 atom stereocenters. The summed E-state index contributed by atoms with van der Waals surface area (Å²) in [6, 6.07) is 0. The fourth-order valence-electron chi connectivity index (χ4n) is 10.3. The SMILES string of the molecule is CC/C=C\C/C=C\C/C=C\C/C=C\CCCCCCC(=O)OC(COC(=O)CCCCCCCCCCC)COC(=O)CCCCCCCCCCCCCCCCCCCCCCCCCCCCCCCCCCC. The molecule has 0 aromatic carbocycles. The van der Waals surface area contributed by atoms with Gasteiger partial charge in [0, 0.05) is 19.3 Å². The molecule has 77 heavy (non-hydrogen) atoms. The van der Waals surface area contributed by atoms with E-state index in [4.69, 9.17) is 14.2 Å². The molecule has 0 saturated heterocycles. The summed E-state index contributed by atoms with van der Waals surface area (Å²) in [5.74, 6) is -0.886. The maximum atomic E-state index is 12.9. The lowest BCUT2D eigenvalue weighted by atomic mass is 10.0. The highest BCUT2D eigenvalue weighted by atomic mass is 16.6. The minimum Gasteiger partial charge on any atom is -0.462 e. The molecule has 0 aliphatic carbocycles. The van der Waals surface area contributed by atoms with E-state index in [2.05, 4.69) is 69.4 Å². The number of allylic oxidation sites excluding steroid dienone is 8. The van der Waals surface area contributed by atoms with Gasteiger partial charge in [0.1, 0.15) is 13.2 Å². The molecule has 0 N–H and O–H groups in total. The normalized spacial score (nSPS) is 12.3. The van der Waals surface area contributed by atoms with Crippen LogP contribution in [-0.4, -0.2) is 37.2 Å². The van der Waals surface area contributed by atoms with Crippen molar-refractivity contribution in [3.05, 3.63) is 48.6 Å². The maximum absolute atomic E-state index is 12.9. The quantitative estimate of drug-likeness (QED) is 0.0261. The molecule has 1 unspecified atom stereocenters. The topological polar surface area (TPSA) is 78.9 Å². The Hall–Kier alpha value is -2.63. The van der Waals surface area contributed by atoms with Crippen molar-refractivity contribution in [2.45, 2.75) is 374 Å². The first-order chi connectivity index (χ1) is 38.0. The Morgan fingerprint density at radius 2 is 0.506 bits per heavy atom. The van der Waals surface area contributed by atoms with E-state index in [-0.39, 0.29) is 31.1 Å². The molecule has 0 aromatic rings. The Morgan fingerprint density at radius 3 is 0.792 bits per heavy atom. The van der Waals surface area contributed by atoms with Gasteiger partial charge < -0.3 is 14.2 Å². The molecular weight excluding hydrogens is 949 g/mol.